The molecule has 17 rings (SSSR count). The van der Waals surface area contributed by atoms with Gasteiger partial charge in [0.15, 0.2) is 0 Å². The lowest BCUT2D eigenvalue weighted by atomic mass is 9.33. The van der Waals surface area contributed by atoms with Crippen LogP contribution in [0.25, 0.3) is 69.9 Å². The smallest absolute Gasteiger partial charge is 0.253 e. The van der Waals surface area contributed by atoms with Crippen LogP contribution in [-0.4, -0.2) is 11.3 Å². The molecule has 5 nitrogen and oxygen atoms in total. The predicted molar refractivity (Wildman–Crippen MR) is 400 cm³/mol. The van der Waals surface area contributed by atoms with E-state index in [1.54, 1.807) is 16.2 Å². The maximum absolute atomic E-state index is 9.70. The first-order chi connectivity index (χ1) is 49.6. The third-order valence-electron chi connectivity index (χ3n) is 18.6. The molecule has 13 aromatic carbocycles. The van der Waals surface area contributed by atoms with Crippen molar-refractivity contribution in [1.29, 1.82) is 0 Å². The highest BCUT2D eigenvalue weighted by Gasteiger charge is 2.45. The Morgan fingerprint density at radius 3 is 1.54 bits per heavy atom. The average molecular weight is 1220 g/mol. The molecule has 15 aromatic rings. The second-order valence-electron chi connectivity index (χ2n) is 26.2. The molecular weight excluding hydrogens is 1150 g/mol. The fourth-order valence-corrected chi connectivity index (χ4v) is 15.6. The molecule has 0 radical (unpaired) electrons. The molecule has 4 heterocycles. The monoisotopic (exact) mass is 1220 g/mol. The molecular formula is C86H68BN5S. The Balaban J connectivity index is 1.06. The number of para-hydroxylation sites is 5. The zero-order valence-corrected chi connectivity index (χ0v) is 53.1. The second-order valence-corrected chi connectivity index (χ2v) is 27.3. The van der Waals surface area contributed by atoms with E-state index in [0.717, 1.165) is 115 Å². The first-order valence-corrected chi connectivity index (χ1v) is 32.4. The SMILES string of the molecule is [2H]c1c([2H])c([2H])c(N(c2ccccc2)c2ccc3c(c2)N(c2c(-c4ccccc4)cccc2-c2ccccc2)c2cc(-n4c5ccc(C(C)(C)C)cc5c5cc(C(C)(C)C)ccc54)cc4c2B3c2c(cc(N(c3ccccc3)c3c([2H])c([2H])c([2H])c([2H])c3[2H])c3c2sc2ccccc23)N4)c([2H])c1[2H]. The van der Waals surface area contributed by atoms with E-state index >= 15 is 0 Å². The van der Waals surface area contributed by atoms with Crippen LogP contribution in [0.5, 0.6) is 0 Å². The first kappa shape index (κ1) is 46.2. The Kier molecular flexibility index (Phi) is 10.9. The zero-order chi connectivity index (χ0) is 71.4. The number of nitrogens with one attached hydrogen (secondary N) is 1. The molecule has 93 heavy (non-hydrogen) atoms. The van der Waals surface area contributed by atoms with Gasteiger partial charge in [-0.05, 0) is 159 Å². The lowest BCUT2D eigenvalue weighted by molar-refractivity contribution is 0.590. The van der Waals surface area contributed by atoms with Crippen LogP contribution >= 0.6 is 11.3 Å². The summed E-state index contributed by atoms with van der Waals surface area (Å²) in [7, 11) is 0. The van der Waals surface area contributed by atoms with Crippen LogP contribution in [0.15, 0.2) is 297 Å². The van der Waals surface area contributed by atoms with Gasteiger partial charge in [0.2, 0.25) is 0 Å². The third-order valence-corrected chi connectivity index (χ3v) is 19.8. The number of hydrogen-bond acceptors (Lipinski definition) is 5. The van der Waals surface area contributed by atoms with Crippen molar-refractivity contribution >= 4 is 139 Å². The molecule has 0 unspecified atom stereocenters. The molecule has 0 saturated carbocycles. The van der Waals surface area contributed by atoms with E-state index in [9.17, 15) is 5.48 Å². The molecule has 7 heteroatoms. The van der Waals surface area contributed by atoms with Crippen molar-refractivity contribution in [2.45, 2.75) is 52.4 Å². The average Bonchev–Trinajstić information content (AvgIpc) is 1.65. The van der Waals surface area contributed by atoms with E-state index in [1.807, 2.05) is 95.9 Å². The molecule has 0 spiro atoms. The van der Waals surface area contributed by atoms with Crippen LogP contribution in [0.1, 0.15) is 66.4 Å². The van der Waals surface area contributed by atoms with Crippen molar-refractivity contribution < 1.29 is 13.7 Å². The maximum Gasteiger partial charge on any atom is 0.253 e. The zero-order valence-electron chi connectivity index (χ0n) is 62.3. The van der Waals surface area contributed by atoms with Crippen LogP contribution in [0.3, 0.4) is 0 Å². The fourth-order valence-electron chi connectivity index (χ4n) is 14.3. The van der Waals surface area contributed by atoms with Crippen LogP contribution in [0.2, 0.25) is 0 Å². The Morgan fingerprint density at radius 2 is 0.957 bits per heavy atom. The van der Waals surface area contributed by atoms with Crippen LogP contribution < -0.4 is 36.4 Å². The lowest BCUT2D eigenvalue weighted by Gasteiger charge is -2.43. The number of hydrogen-bond donors (Lipinski definition) is 1. The number of aromatic nitrogens is 1. The summed E-state index contributed by atoms with van der Waals surface area (Å²) in [6.07, 6.45) is 0. The highest BCUT2D eigenvalue weighted by atomic mass is 32.1. The maximum atomic E-state index is 9.70. The largest absolute Gasteiger partial charge is 0.356 e. The van der Waals surface area contributed by atoms with E-state index < -0.39 is 43.0 Å². The Bertz CT molecular complexity index is 5850. The lowest BCUT2D eigenvalue weighted by Crippen LogP contribution is -2.60. The summed E-state index contributed by atoms with van der Waals surface area (Å²) in [5.74, 6) is 0. The van der Waals surface area contributed by atoms with E-state index in [2.05, 4.69) is 202 Å². The summed E-state index contributed by atoms with van der Waals surface area (Å²) >= 11 is 1.65. The Hall–Kier alpha value is -10.9. The third kappa shape index (κ3) is 9.35. The van der Waals surface area contributed by atoms with Gasteiger partial charge in [-0.3, -0.25) is 0 Å². The summed E-state index contributed by atoms with van der Waals surface area (Å²) in [6.45, 7) is 12.9. The molecule has 0 amide bonds. The van der Waals surface area contributed by atoms with Gasteiger partial charge >= 0.3 is 0 Å². The van der Waals surface area contributed by atoms with Gasteiger partial charge in [-0.1, -0.05) is 229 Å². The van der Waals surface area contributed by atoms with Gasteiger partial charge in [-0.25, -0.2) is 0 Å². The minimum absolute atomic E-state index is 0.00434. The molecule has 446 valence electrons. The van der Waals surface area contributed by atoms with Gasteiger partial charge in [0.25, 0.3) is 6.71 Å². The van der Waals surface area contributed by atoms with Crippen molar-refractivity contribution in [3.63, 3.8) is 0 Å². The highest BCUT2D eigenvalue weighted by Crippen LogP contribution is 2.53. The number of nitrogens with zero attached hydrogens (tertiary/aromatic N) is 4. The topological polar surface area (TPSA) is 26.7 Å². The molecule has 0 atom stereocenters. The summed E-state index contributed by atoms with van der Waals surface area (Å²) in [5.41, 5.74) is 17.9. The van der Waals surface area contributed by atoms with Gasteiger partial charge in [0.05, 0.1) is 41.8 Å². The molecule has 0 fully saturated rings. The fraction of sp³-hybridized carbons (Fsp3) is 0.0930. The summed E-state index contributed by atoms with van der Waals surface area (Å²) in [5, 5.41) is 8.14. The predicted octanol–water partition coefficient (Wildman–Crippen LogP) is 22.4. The molecule has 1 N–H and O–H groups in total. The number of benzene rings is 13. The van der Waals surface area contributed by atoms with Crippen molar-refractivity contribution in [3.05, 3.63) is 308 Å². The molecule has 2 aromatic heterocycles. The first-order valence-electron chi connectivity index (χ1n) is 36.6. The van der Waals surface area contributed by atoms with Gasteiger partial charge < -0.3 is 24.6 Å². The molecule has 0 aliphatic carbocycles. The molecule has 2 aliphatic rings. The number of rotatable bonds is 10. The summed E-state index contributed by atoms with van der Waals surface area (Å²) < 4.78 is 97.3. The minimum atomic E-state index is -0.567. The standard InChI is InChI=1S/C86H68BN5S/c1-85(2,3)58-44-48-74-69(50-58)70-51-59(86(4,5)6)45-49-75(70)91(74)65-52-72-81-78(54-65)92(83-66(56-28-13-7-14-29-56)41-27-42-67(83)57-30-15-8-16-31-57)76-53-64(89(60-32-17-9-18-33-60)61-34-19-10-20-35-61)46-47-71(76)87(81)82-73(88-72)55-77(80-68-40-25-26-43-79(68)93-84(80)82)90(62-36-21-11-22-37-62)63-38-23-12-24-39-63/h7-55,88H,1-6H3/i9D,11D,17D,18D,21D,22D,32D,33D,36D,37D. The Labute approximate surface area is 562 Å². The quantitative estimate of drug-likeness (QED) is 0.138. The van der Waals surface area contributed by atoms with Crippen LogP contribution in [-0.2, 0) is 10.8 Å². The second kappa shape index (κ2) is 21.9. The van der Waals surface area contributed by atoms with Crippen LogP contribution in [0, 0.1) is 0 Å². The van der Waals surface area contributed by atoms with Gasteiger partial charge in [-0.2, -0.15) is 0 Å². The number of fused-ring (bicyclic) bond motifs is 11. The van der Waals surface area contributed by atoms with Gasteiger partial charge in [0.1, 0.15) is 0 Å². The highest BCUT2D eigenvalue weighted by molar-refractivity contribution is 7.28. The minimum Gasteiger partial charge on any atom is -0.356 e. The van der Waals surface area contributed by atoms with Gasteiger partial charge in [0, 0.05) is 93.3 Å². The molecule has 0 saturated heterocycles. The van der Waals surface area contributed by atoms with E-state index in [-0.39, 0.29) is 46.4 Å². The van der Waals surface area contributed by atoms with E-state index in [4.69, 9.17) is 8.22 Å². The van der Waals surface area contributed by atoms with Crippen LogP contribution in [0.4, 0.5) is 62.6 Å². The molecule has 2 aliphatic heterocycles. The molecule has 0 bridgehead atoms. The Morgan fingerprint density at radius 1 is 0.430 bits per heavy atom. The van der Waals surface area contributed by atoms with Crippen molar-refractivity contribution in [1.82, 2.24) is 4.57 Å². The normalized spacial score (nSPS) is 14.2. The van der Waals surface area contributed by atoms with E-state index in [1.165, 1.54) is 11.1 Å². The summed E-state index contributed by atoms with van der Waals surface area (Å²) in [6, 6.07) is 77.2. The number of anilines is 11. The summed E-state index contributed by atoms with van der Waals surface area (Å²) in [4.78, 5) is 6.04. The van der Waals surface area contributed by atoms with E-state index in [0.29, 0.717) is 22.7 Å². The van der Waals surface area contributed by atoms with Crippen molar-refractivity contribution in [2.75, 3.05) is 20.0 Å². The van der Waals surface area contributed by atoms with Gasteiger partial charge in [-0.15, -0.1) is 11.3 Å². The van der Waals surface area contributed by atoms with Crippen molar-refractivity contribution in [2.24, 2.45) is 0 Å². The van der Waals surface area contributed by atoms with Crippen molar-refractivity contribution in [3.8, 4) is 27.9 Å². The number of thiophene rings is 1.